The molecule has 0 fully saturated rings. The van der Waals surface area contributed by atoms with Gasteiger partial charge in [-0.05, 0) is 12.8 Å². The third-order valence-electron chi connectivity index (χ3n) is 1.81. The molecule has 0 amide bonds. The molecule has 0 saturated carbocycles. The number of nitrogens with zero attached hydrogens (tertiary/aromatic N) is 3. The van der Waals surface area contributed by atoms with Crippen molar-refractivity contribution in [2.75, 3.05) is 13.1 Å². The first-order valence-electron chi connectivity index (χ1n) is 4.76. The second-order valence-corrected chi connectivity index (χ2v) is 2.97. The number of rotatable bonds is 5. The first-order valence-corrected chi connectivity index (χ1v) is 4.76. The Kier molecular flexibility index (Phi) is 5.98. The standard InChI is InChI=1S/C10H16N4/c1-3-5-14(6-4-2)10(13)9(7-11)8-12/h3-6,13H2,1-2H3. The fraction of sp³-hybridized carbons (Fsp3) is 0.600. The second-order valence-electron chi connectivity index (χ2n) is 2.97. The van der Waals surface area contributed by atoms with Gasteiger partial charge >= 0.3 is 0 Å². The summed E-state index contributed by atoms with van der Waals surface area (Å²) in [4.78, 5) is 1.88. The summed E-state index contributed by atoms with van der Waals surface area (Å²) < 4.78 is 0. The van der Waals surface area contributed by atoms with E-state index >= 15 is 0 Å². The van der Waals surface area contributed by atoms with E-state index in [-0.39, 0.29) is 5.57 Å². The fourth-order valence-electron chi connectivity index (χ4n) is 1.19. The predicted octanol–water partition coefficient (Wildman–Crippen LogP) is 1.33. The number of hydrogen-bond acceptors (Lipinski definition) is 4. The summed E-state index contributed by atoms with van der Waals surface area (Å²) >= 11 is 0. The van der Waals surface area contributed by atoms with Gasteiger partial charge in [-0.2, -0.15) is 10.5 Å². The molecule has 0 atom stereocenters. The van der Waals surface area contributed by atoms with Crippen LogP contribution < -0.4 is 5.73 Å². The Hall–Kier alpha value is -1.68. The lowest BCUT2D eigenvalue weighted by Crippen LogP contribution is -2.30. The van der Waals surface area contributed by atoms with Crippen molar-refractivity contribution in [1.29, 1.82) is 10.5 Å². The number of nitrogens with two attached hydrogens (primary N) is 1. The van der Waals surface area contributed by atoms with Gasteiger partial charge in [0.2, 0.25) is 0 Å². The molecule has 0 rings (SSSR count). The highest BCUT2D eigenvalue weighted by molar-refractivity contribution is 5.38. The summed E-state index contributed by atoms with van der Waals surface area (Å²) in [7, 11) is 0. The van der Waals surface area contributed by atoms with E-state index in [1.54, 1.807) is 12.1 Å². The quantitative estimate of drug-likeness (QED) is 0.666. The van der Waals surface area contributed by atoms with Crippen molar-refractivity contribution < 1.29 is 0 Å². The Labute approximate surface area is 85.2 Å². The molecule has 0 radical (unpaired) electrons. The van der Waals surface area contributed by atoms with Crippen molar-refractivity contribution in [3.05, 3.63) is 11.4 Å². The maximum atomic E-state index is 8.64. The fourth-order valence-corrected chi connectivity index (χ4v) is 1.19. The topological polar surface area (TPSA) is 76.8 Å². The lowest BCUT2D eigenvalue weighted by Gasteiger charge is -2.23. The van der Waals surface area contributed by atoms with E-state index < -0.39 is 0 Å². The zero-order chi connectivity index (χ0) is 11.0. The molecular formula is C10H16N4. The van der Waals surface area contributed by atoms with Gasteiger partial charge in [-0.3, -0.25) is 0 Å². The Morgan fingerprint density at radius 1 is 1.14 bits per heavy atom. The van der Waals surface area contributed by atoms with E-state index in [0.29, 0.717) is 5.82 Å². The van der Waals surface area contributed by atoms with Gasteiger partial charge in [0.1, 0.15) is 18.0 Å². The zero-order valence-electron chi connectivity index (χ0n) is 8.75. The molecule has 0 aliphatic heterocycles. The molecule has 0 aliphatic rings. The van der Waals surface area contributed by atoms with E-state index in [2.05, 4.69) is 0 Å². The lowest BCUT2D eigenvalue weighted by atomic mass is 10.2. The van der Waals surface area contributed by atoms with Crippen LogP contribution in [0.5, 0.6) is 0 Å². The summed E-state index contributed by atoms with van der Waals surface area (Å²) in [6.45, 7) is 5.64. The zero-order valence-corrected chi connectivity index (χ0v) is 8.75. The first kappa shape index (κ1) is 12.3. The van der Waals surface area contributed by atoms with E-state index in [9.17, 15) is 0 Å². The number of hydrogen-bond donors (Lipinski definition) is 1. The molecule has 14 heavy (non-hydrogen) atoms. The average molecular weight is 192 g/mol. The smallest absolute Gasteiger partial charge is 0.169 e. The second kappa shape index (κ2) is 6.80. The van der Waals surface area contributed by atoms with Gasteiger partial charge < -0.3 is 10.6 Å². The van der Waals surface area contributed by atoms with Crippen LogP contribution in [0.1, 0.15) is 26.7 Å². The number of allylic oxidation sites excluding steroid dienone is 1. The van der Waals surface area contributed by atoms with E-state index in [1.807, 2.05) is 18.7 Å². The summed E-state index contributed by atoms with van der Waals surface area (Å²) in [6, 6.07) is 3.60. The summed E-state index contributed by atoms with van der Waals surface area (Å²) in [5.74, 6) is 0.304. The predicted molar refractivity (Wildman–Crippen MR) is 54.6 cm³/mol. The highest BCUT2D eigenvalue weighted by Crippen LogP contribution is 2.05. The summed E-state index contributed by atoms with van der Waals surface area (Å²) in [5.41, 5.74) is 5.72. The Balaban J connectivity index is 4.75. The SMILES string of the molecule is CCCN(CCC)C(N)=C(C#N)C#N. The first-order chi connectivity index (χ1) is 6.71. The maximum absolute atomic E-state index is 8.64. The third kappa shape index (κ3) is 3.37. The maximum Gasteiger partial charge on any atom is 0.169 e. The van der Waals surface area contributed by atoms with E-state index in [1.165, 1.54) is 0 Å². The van der Waals surface area contributed by atoms with Crippen LogP contribution in [0.3, 0.4) is 0 Å². The van der Waals surface area contributed by atoms with Crippen LogP contribution in [0, 0.1) is 22.7 Å². The van der Waals surface area contributed by atoms with Gasteiger partial charge in [0.15, 0.2) is 5.57 Å². The molecule has 0 aromatic rings. The van der Waals surface area contributed by atoms with Crippen molar-refractivity contribution in [2.24, 2.45) is 5.73 Å². The lowest BCUT2D eigenvalue weighted by molar-refractivity contribution is 0.339. The molecule has 0 aromatic heterocycles. The van der Waals surface area contributed by atoms with Crippen LogP contribution in [0.25, 0.3) is 0 Å². The molecule has 0 spiro atoms. The molecular weight excluding hydrogens is 176 g/mol. The molecule has 0 heterocycles. The Bertz CT molecular complexity index is 257. The molecule has 76 valence electrons. The van der Waals surface area contributed by atoms with Crippen molar-refractivity contribution >= 4 is 0 Å². The Morgan fingerprint density at radius 2 is 1.57 bits per heavy atom. The van der Waals surface area contributed by atoms with E-state index in [0.717, 1.165) is 25.9 Å². The van der Waals surface area contributed by atoms with Crippen LogP contribution in [-0.2, 0) is 0 Å². The van der Waals surface area contributed by atoms with Crippen molar-refractivity contribution in [3.63, 3.8) is 0 Å². The molecule has 0 unspecified atom stereocenters. The number of nitriles is 2. The molecule has 4 heteroatoms. The summed E-state index contributed by atoms with van der Waals surface area (Å²) in [5, 5.41) is 17.3. The average Bonchev–Trinajstić information content (AvgIpc) is 2.19. The monoisotopic (exact) mass is 192 g/mol. The van der Waals surface area contributed by atoms with Crippen LogP contribution >= 0.6 is 0 Å². The molecule has 2 N–H and O–H groups in total. The van der Waals surface area contributed by atoms with Gasteiger partial charge in [0.05, 0.1) is 0 Å². The van der Waals surface area contributed by atoms with Gasteiger partial charge in [-0.1, -0.05) is 13.8 Å². The van der Waals surface area contributed by atoms with Crippen molar-refractivity contribution in [1.82, 2.24) is 4.90 Å². The molecule has 0 aliphatic carbocycles. The highest BCUT2D eigenvalue weighted by Gasteiger charge is 2.09. The Morgan fingerprint density at radius 3 is 1.86 bits per heavy atom. The minimum absolute atomic E-state index is 0.00639. The van der Waals surface area contributed by atoms with Crippen LogP contribution in [-0.4, -0.2) is 18.0 Å². The van der Waals surface area contributed by atoms with Crippen molar-refractivity contribution in [2.45, 2.75) is 26.7 Å². The van der Waals surface area contributed by atoms with Gasteiger partial charge in [0, 0.05) is 13.1 Å². The van der Waals surface area contributed by atoms with Gasteiger partial charge in [0.25, 0.3) is 0 Å². The molecule has 0 bridgehead atoms. The molecule has 4 nitrogen and oxygen atoms in total. The molecule has 0 saturated heterocycles. The van der Waals surface area contributed by atoms with Crippen LogP contribution in [0.2, 0.25) is 0 Å². The van der Waals surface area contributed by atoms with E-state index in [4.69, 9.17) is 16.3 Å². The van der Waals surface area contributed by atoms with Crippen LogP contribution in [0.15, 0.2) is 11.4 Å². The van der Waals surface area contributed by atoms with Crippen molar-refractivity contribution in [3.8, 4) is 12.1 Å². The normalized spacial score (nSPS) is 8.57. The van der Waals surface area contributed by atoms with Gasteiger partial charge in [-0.25, -0.2) is 0 Å². The summed E-state index contributed by atoms with van der Waals surface area (Å²) in [6.07, 6.45) is 1.90. The largest absolute Gasteiger partial charge is 0.384 e. The third-order valence-corrected chi connectivity index (χ3v) is 1.81. The minimum atomic E-state index is 0.00639. The highest BCUT2D eigenvalue weighted by atomic mass is 15.2. The minimum Gasteiger partial charge on any atom is -0.384 e. The van der Waals surface area contributed by atoms with Gasteiger partial charge in [-0.15, -0.1) is 0 Å². The molecule has 0 aromatic carbocycles. The van der Waals surface area contributed by atoms with Crippen LogP contribution in [0.4, 0.5) is 0 Å².